The predicted octanol–water partition coefficient (Wildman–Crippen LogP) is 1.28. The van der Waals surface area contributed by atoms with Gasteiger partial charge in [-0.2, -0.15) is 0 Å². The van der Waals surface area contributed by atoms with Crippen LogP contribution in [-0.2, 0) is 16.0 Å². The third-order valence-electron chi connectivity index (χ3n) is 3.00. The molecule has 1 aromatic carbocycles. The number of nitrogens with one attached hydrogen (secondary N) is 1. The molecule has 0 saturated carbocycles. The summed E-state index contributed by atoms with van der Waals surface area (Å²) in [4.78, 5) is 30.4. The number of imidazole rings is 1. The van der Waals surface area contributed by atoms with Crippen molar-refractivity contribution in [1.29, 1.82) is 0 Å². The number of ether oxygens (including phenoxy) is 1. The fourth-order valence-electron chi connectivity index (χ4n) is 2.19. The number of fused-ring (bicyclic) bond motifs is 3. The zero-order valence-corrected chi connectivity index (χ0v) is 10.9. The third-order valence-corrected chi connectivity index (χ3v) is 3.00. The largest absolute Gasteiger partial charge is 0.466 e. The molecular formula is C14H13N3O3. The maximum absolute atomic E-state index is 12.0. The first kappa shape index (κ1) is 12.4. The minimum absolute atomic E-state index is 0.0588. The number of hydrogen-bond acceptors (Lipinski definition) is 4. The number of rotatable bonds is 3. The van der Waals surface area contributed by atoms with E-state index in [0.29, 0.717) is 12.3 Å². The Morgan fingerprint density at radius 3 is 3.00 bits per heavy atom. The van der Waals surface area contributed by atoms with E-state index in [-0.39, 0.29) is 23.6 Å². The smallest absolute Gasteiger partial charge is 0.311 e. The monoisotopic (exact) mass is 271 g/mol. The first-order valence-corrected chi connectivity index (χ1v) is 6.33. The van der Waals surface area contributed by atoms with Gasteiger partial charge in [0.2, 0.25) is 5.65 Å². The lowest BCUT2D eigenvalue weighted by Crippen LogP contribution is -2.10. The molecule has 0 atom stereocenters. The Hall–Kier alpha value is -2.63. The Kier molecular flexibility index (Phi) is 2.98. The maximum atomic E-state index is 12.0. The fraction of sp³-hybridized carbons (Fsp3) is 0.214. The van der Waals surface area contributed by atoms with Crippen LogP contribution in [0.25, 0.3) is 16.7 Å². The van der Waals surface area contributed by atoms with Gasteiger partial charge in [-0.25, -0.2) is 4.98 Å². The lowest BCUT2D eigenvalue weighted by molar-refractivity contribution is -0.142. The molecule has 6 nitrogen and oxygen atoms in total. The highest BCUT2D eigenvalue weighted by Gasteiger charge is 2.12. The summed E-state index contributed by atoms with van der Waals surface area (Å²) in [5.74, 6) is -0.350. The summed E-state index contributed by atoms with van der Waals surface area (Å²) in [6, 6.07) is 7.43. The van der Waals surface area contributed by atoms with Crippen LogP contribution in [0, 0.1) is 0 Å². The molecule has 0 radical (unpaired) electrons. The summed E-state index contributed by atoms with van der Waals surface area (Å²) in [5, 5.41) is 0. The maximum Gasteiger partial charge on any atom is 0.311 e. The van der Waals surface area contributed by atoms with Crippen molar-refractivity contribution in [1.82, 2.24) is 14.4 Å². The van der Waals surface area contributed by atoms with Gasteiger partial charge in [-0.05, 0) is 19.1 Å². The Balaban J connectivity index is 2.15. The van der Waals surface area contributed by atoms with E-state index in [1.54, 1.807) is 17.5 Å². The number of aromatic amines is 1. The molecule has 0 aliphatic heterocycles. The Morgan fingerprint density at radius 2 is 2.20 bits per heavy atom. The van der Waals surface area contributed by atoms with Crippen LogP contribution in [0.15, 0.2) is 35.3 Å². The number of H-pyrrole nitrogens is 1. The van der Waals surface area contributed by atoms with Gasteiger partial charge in [0.1, 0.15) is 0 Å². The number of aromatic nitrogens is 3. The van der Waals surface area contributed by atoms with Crippen LogP contribution in [-0.4, -0.2) is 26.9 Å². The summed E-state index contributed by atoms with van der Waals surface area (Å²) in [6.07, 6.45) is 1.76. The summed E-state index contributed by atoms with van der Waals surface area (Å²) in [5.41, 5.74) is 2.09. The minimum Gasteiger partial charge on any atom is -0.466 e. The van der Waals surface area contributed by atoms with Crippen LogP contribution in [0.3, 0.4) is 0 Å². The molecule has 0 amide bonds. The Bertz CT molecular complexity index is 848. The van der Waals surface area contributed by atoms with E-state index in [0.717, 1.165) is 11.0 Å². The molecule has 0 bridgehead atoms. The molecule has 0 aliphatic carbocycles. The van der Waals surface area contributed by atoms with Gasteiger partial charge in [0.05, 0.1) is 29.8 Å². The summed E-state index contributed by atoms with van der Waals surface area (Å²) in [7, 11) is 0. The summed E-state index contributed by atoms with van der Waals surface area (Å²) >= 11 is 0. The molecule has 0 saturated heterocycles. The molecule has 2 aromatic heterocycles. The molecule has 102 valence electrons. The number of carbonyl (C=O) groups excluding carboxylic acids is 1. The van der Waals surface area contributed by atoms with Crippen LogP contribution >= 0.6 is 0 Å². The van der Waals surface area contributed by atoms with Crippen LogP contribution in [0.1, 0.15) is 12.6 Å². The normalized spacial score (nSPS) is 11.1. The van der Waals surface area contributed by atoms with Gasteiger partial charge in [-0.1, -0.05) is 12.1 Å². The zero-order valence-electron chi connectivity index (χ0n) is 10.9. The van der Waals surface area contributed by atoms with Gasteiger partial charge >= 0.3 is 5.97 Å². The summed E-state index contributed by atoms with van der Waals surface area (Å²) < 4.78 is 6.58. The van der Waals surface area contributed by atoms with Gasteiger partial charge < -0.3 is 9.72 Å². The van der Waals surface area contributed by atoms with Crippen LogP contribution < -0.4 is 5.56 Å². The average molecular weight is 271 g/mol. The highest BCUT2D eigenvalue weighted by Crippen LogP contribution is 2.12. The van der Waals surface area contributed by atoms with Crippen LogP contribution in [0.2, 0.25) is 0 Å². The van der Waals surface area contributed by atoms with E-state index in [4.69, 9.17) is 4.74 Å². The van der Waals surface area contributed by atoms with E-state index in [9.17, 15) is 9.59 Å². The van der Waals surface area contributed by atoms with Crippen molar-refractivity contribution in [3.05, 3.63) is 46.5 Å². The van der Waals surface area contributed by atoms with Crippen LogP contribution in [0.5, 0.6) is 0 Å². The minimum atomic E-state index is -0.350. The molecule has 0 unspecified atom stereocenters. The number of esters is 1. The van der Waals surface area contributed by atoms with Crippen molar-refractivity contribution in [2.45, 2.75) is 13.3 Å². The molecule has 3 rings (SSSR count). The molecule has 6 heteroatoms. The van der Waals surface area contributed by atoms with E-state index < -0.39 is 0 Å². The number of benzene rings is 1. The van der Waals surface area contributed by atoms with Gasteiger partial charge in [0, 0.05) is 6.20 Å². The first-order chi connectivity index (χ1) is 9.69. The second-order valence-electron chi connectivity index (χ2n) is 4.38. The highest BCUT2D eigenvalue weighted by atomic mass is 16.5. The van der Waals surface area contributed by atoms with Crippen molar-refractivity contribution in [3.63, 3.8) is 0 Å². The van der Waals surface area contributed by atoms with Crippen molar-refractivity contribution in [2.24, 2.45) is 0 Å². The SMILES string of the molecule is CCOC(=O)Cc1cn2c(n1)c(=O)[nH]c1ccccc12. The van der Waals surface area contributed by atoms with Gasteiger partial charge in [0.15, 0.2) is 0 Å². The number of para-hydroxylation sites is 2. The molecular weight excluding hydrogens is 258 g/mol. The quantitative estimate of drug-likeness (QED) is 0.728. The second-order valence-corrected chi connectivity index (χ2v) is 4.38. The summed E-state index contributed by atoms with van der Waals surface area (Å²) in [6.45, 7) is 2.08. The Morgan fingerprint density at radius 1 is 1.40 bits per heavy atom. The van der Waals surface area contributed by atoms with Crippen molar-refractivity contribution in [3.8, 4) is 0 Å². The standard InChI is InChI=1S/C14H13N3O3/c1-2-20-12(18)7-9-8-17-11-6-4-3-5-10(11)16-14(19)13(17)15-9/h3-6,8H,2,7H2,1H3,(H,16,19). The Labute approximate surface area is 114 Å². The van der Waals surface area contributed by atoms with E-state index in [2.05, 4.69) is 9.97 Å². The van der Waals surface area contributed by atoms with E-state index >= 15 is 0 Å². The highest BCUT2D eigenvalue weighted by molar-refractivity contribution is 5.78. The number of carbonyl (C=O) groups is 1. The van der Waals surface area contributed by atoms with Gasteiger partial charge in [-0.15, -0.1) is 0 Å². The average Bonchev–Trinajstić information content (AvgIpc) is 2.83. The topological polar surface area (TPSA) is 76.5 Å². The van der Waals surface area contributed by atoms with Crippen molar-refractivity contribution < 1.29 is 9.53 Å². The molecule has 1 N–H and O–H groups in total. The lowest BCUT2D eigenvalue weighted by atomic mass is 10.3. The molecule has 0 fully saturated rings. The molecule has 2 heterocycles. The fourth-order valence-corrected chi connectivity index (χ4v) is 2.19. The van der Waals surface area contributed by atoms with Gasteiger partial charge in [0.25, 0.3) is 5.56 Å². The van der Waals surface area contributed by atoms with E-state index in [1.807, 2.05) is 24.3 Å². The zero-order chi connectivity index (χ0) is 14.1. The van der Waals surface area contributed by atoms with Crippen molar-refractivity contribution in [2.75, 3.05) is 6.61 Å². The van der Waals surface area contributed by atoms with Crippen molar-refractivity contribution >= 4 is 22.6 Å². The number of nitrogens with zero attached hydrogens (tertiary/aromatic N) is 2. The predicted molar refractivity (Wildman–Crippen MR) is 73.7 cm³/mol. The first-order valence-electron chi connectivity index (χ1n) is 6.33. The van der Waals surface area contributed by atoms with Crippen LogP contribution in [0.4, 0.5) is 0 Å². The molecule has 3 aromatic rings. The van der Waals surface area contributed by atoms with Gasteiger partial charge in [-0.3, -0.25) is 14.0 Å². The number of hydrogen-bond donors (Lipinski definition) is 1. The van der Waals surface area contributed by atoms with E-state index in [1.165, 1.54) is 0 Å². The molecule has 20 heavy (non-hydrogen) atoms. The second kappa shape index (κ2) is 4.80. The molecule has 0 aliphatic rings. The third kappa shape index (κ3) is 2.05. The molecule has 0 spiro atoms. The lowest BCUT2D eigenvalue weighted by Gasteiger charge is -2.00.